The lowest BCUT2D eigenvalue weighted by Gasteiger charge is -2.11. The third-order valence-corrected chi connectivity index (χ3v) is 3.14. The zero-order valence-corrected chi connectivity index (χ0v) is 12.9. The Hall–Kier alpha value is -1.66. The van der Waals surface area contributed by atoms with E-state index in [1.165, 1.54) is 4.90 Å². The number of benzene rings is 1. The molecule has 0 radical (unpaired) electrons. The highest BCUT2D eigenvalue weighted by Gasteiger charge is 2.04. The zero-order chi connectivity index (χ0) is 14.5. The average Bonchev–Trinajstić information content (AvgIpc) is 2.74. The monoisotopic (exact) mass is 293 g/mol. The van der Waals surface area contributed by atoms with Gasteiger partial charge in [-0.3, -0.25) is 0 Å². The van der Waals surface area contributed by atoms with Crippen molar-refractivity contribution in [1.29, 1.82) is 0 Å². The Morgan fingerprint density at radius 3 is 2.95 bits per heavy atom. The molecule has 0 fully saturated rings. The lowest BCUT2D eigenvalue weighted by atomic mass is 10.3. The van der Waals surface area contributed by atoms with Crippen LogP contribution in [0.5, 0.6) is 0 Å². The van der Waals surface area contributed by atoms with Crippen molar-refractivity contribution in [2.75, 3.05) is 32.5 Å². The molecule has 1 heterocycles. The summed E-state index contributed by atoms with van der Waals surface area (Å²) in [5.74, 6) is 0.670. The number of aromatic nitrogens is 1. The first kappa shape index (κ1) is 14.7. The van der Waals surface area contributed by atoms with Crippen LogP contribution in [0.2, 0.25) is 0 Å². The van der Waals surface area contributed by atoms with Crippen molar-refractivity contribution in [2.24, 2.45) is 0 Å². The highest BCUT2D eigenvalue weighted by atomic mass is 32.1. The van der Waals surface area contributed by atoms with Crippen molar-refractivity contribution in [3.05, 3.63) is 24.1 Å². The zero-order valence-electron chi connectivity index (χ0n) is 12.1. The molecule has 0 amide bonds. The van der Waals surface area contributed by atoms with Gasteiger partial charge in [0.2, 0.25) is 0 Å². The molecule has 0 bridgehead atoms. The Morgan fingerprint density at radius 1 is 1.40 bits per heavy atom. The predicted molar refractivity (Wildman–Crippen MR) is 85.3 cm³/mol. The standard InChI is InChI=1S/C14H20N4OS/c1-10-16-12-9-11(5-6-13(12)19-10)17-14(20)15-7-4-8-18(2)3/h5-6,9H,4,7-8H2,1-3H3,(H2,15,17,20)/p+1. The lowest BCUT2D eigenvalue weighted by Crippen LogP contribution is -3.05. The van der Waals surface area contributed by atoms with Crippen LogP contribution in [-0.4, -0.2) is 37.3 Å². The molecular formula is C14H21N4OS+. The number of rotatable bonds is 5. The molecule has 2 rings (SSSR count). The molecule has 2 aromatic rings. The Bertz CT molecular complexity index is 594. The summed E-state index contributed by atoms with van der Waals surface area (Å²) in [5.41, 5.74) is 2.55. The number of nitrogens with one attached hydrogen (secondary N) is 3. The summed E-state index contributed by atoms with van der Waals surface area (Å²) in [6.07, 6.45) is 1.09. The van der Waals surface area contributed by atoms with Crippen molar-refractivity contribution < 1.29 is 9.32 Å². The summed E-state index contributed by atoms with van der Waals surface area (Å²) in [5, 5.41) is 7.00. The molecular weight excluding hydrogens is 272 g/mol. The molecule has 1 aromatic heterocycles. The predicted octanol–water partition coefficient (Wildman–Crippen LogP) is 0.957. The number of hydrogen-bond acceptors (Lipinski definition) is 3. The van der Waals surface area contributed by atoms with Gasteiger partial charge in [0, 0.05) is 25.6 Å². The van der Waals surface area contributed by atoms with Crippen LogP contribution in [0.25, 0.3) is 11.1 Å². The molecule has 0 aliphatic rings. The second kappa shape index (κ2) is 6.67. The number of oxazole rings is 1. The minimum atomic E-state index is 0.637. The van der Waals surface area contributed by atoms with Crippen LogP contribution in [0, 0.1) is 6.92 Å². The Kier molecular flexibility index (Phi) is 4.92. The molecule has 0 atom stereocenters. The van der Waals surface area contributed by atoms with E-state index in [-0.39, 0.29) is 0 Å². The summed E-state index contributed by atoms with van der Waals surface area (Å²) in [7, 11) is 4.29. The Balaban J connectivity index is 1.86. The SMILES string of the molecule is Cc1nc2cc(NC(=S)NCCC[NH+](C)C)ccc2o1. The summed E-state index contributed by atoms with van der Waals surface area (Å²) in [6.45, 7) is 3.84. The fourth-order valence-electron chi connectivity index (χ4n) is 1.94. The van der Waals surface area contributed by atoms with Gasteiger partial charge in [0.25, 0.3) is 0 Å². The first-order valence-electron chi connectivity index (χ1n) is 6.75. The van der Waals surface area contributed by atoms with Crippen LogP contribution in [0.4, 0.5) is 5.69 Å². The summed E-state index contributed by atoms with van der Waals surface area (Å²) in [4.78, 5) is 5.74. The highest BCUT2D eigenvalue weighted by molar-refractivity contribution is 7.80. The molecule has 3 N–H and O–H groups in total. The van der Waals surface area contributed by atoms with Gasteiger partial charge in [-0.1, -0.05) is 0 Å². The van der Waals surface area contributed by atoms with E-state index in [0.717, 1.165) is 36.3 Å². The van der Waals surface area contributed by atoms with Crippen LogP contribution < -0.4 is 15.5 Å². The van der Waals surface area contributed by atoms with E-state index in [9.17, 15) is 0 Å². The number of quaternary nitrogens is 1. The summed E-state index contributed by atoms with van der Waals surface area (Å²) < 4.78 is 5.44. The molecule has 0 unspecified atom stereocenters. The van der Waals surface area contributed by atoms with Gasteiger partial charge in [-0.05, 0) is 30.4 Å². The number of nitrogens with zero attached hydrogens (tertiary/aromatic N) is 1. The largest absolute Gasteiger partial charge is 0.441 e. The van der Waals surface area contributed by atoms with E-state index in [1.807, 2.05) is 25.1 Å². The Labute approximate surface area is 124 Å². The number of thiocarbonyl (C=S) groups is 1. The molecule has 0 saturated heterocycles. The van der Waals surface area contributed by atoms with E-state index < -0.39 is 0 Å². The number of anilines is 1. The van der Waals surface area contributed by atoms with Crippen LogP contribution in [0.1, 0.15) is 12.3 Å². The van der Waals surface area contributed by atoms with E-state index in [1.54, 1.807) is 0 Å². The minimum Gasteiger partial charge on any atom is -0.441 e. The number of hydrogen-bond donors (Lipinski definition) is 3. The molecule has 0 aliphatic carbocycles. The van der Waals surface area contributed by atoms with E-state index in [2.05, 4.69) is 29.7 Å². The normalized spacial score (nSPS) is 11.0. The molecule has 20 heavy (non-hydrogen) atoms. The van der Waals surface area contributed by atoms with Gasteiger partial charge >= 0.3 is 0 Å². The van der Waals surface area contributed by atoms with Gasteiger partial charge in [-0.2, -0.15) is 0 Å². The van der Waals surface area contributed by atoms with Gasteiger partial charge in [-0.25, -0.2) is 4.98 Å². The van der Waals surface area contributed by atoms with Gasteiger partial charge < -0.3 is 20.0 Å². The fourth-order valence-corrected chi connectivity index (χ4v) is 2.16. The second-order valence-corrected chi connectivity index (χ2v) is 5.52. The van der Waals surface area contributed by atoms with Crippen molar-refractivity contribution in [3.8, 4) is 0 Å². The maximum Gasteiger partial charge on any atom is 0.192 e. The summed E-state index contributed by atoms with van der Waals surface area (Å²) in [6, 6.07) is 5.77. The second-order valence-electron chi connectivity index (χ2n) is 5.11. The Morgan fingerprint density at radius 2 is 2.20 bits per heavy atom. The molecule has 108 valence electrons. The topological polar surface area (TPSA) is 54.5 Å². The first-order valence-corrected chi connectivity index (χ1v) is 7.16. The number of fused-ring (bicyclic) bond motifs is 1. The van der Waals surface area contributed by atoms with Crippen LogP contribution >= 0.6 is 12.2 Å². The molecule has 0 aliphatic heterocycles. The van der Waals surface area contributed by atoms with Crippen molar-refractivity contribution in [1.82, 2.24) is 10.3 Å². The van der Waals surface area contributed by atoms with E-state index >= 15 is 0 Å². The van der Waals surface area contributed by atoms with E-state index in [4.69, 9.17) is 16.6 Å². The van der Waals surface area contributed by atoms with Gasteiger partial charge in [-0.15, -0.1) is 0 Å². The van der Waals surface area contributed by atoms with Crippen molar-refractivity contribution in [2.45, 2.75) is 13.3 Å². The van der Waals surface area contributed by atoms with E-state index in [0.29, 0.717) is 11.0 Å². The molecule has 5 nitrogen and oxygen atoms in total. The average molecular weight is 293 g/mol. The molecule has 0 spiro atoms. The molecule has 1 aromatic carbocycles. The van der Waals surface area contributed by atoms with Crippen LogP contribution in [0.15, 0.2) is 22.6 Å². The van der Waals surface area contributed by atoms with Crippen molar-refractivity contribution in [3.63, 3.8) is 0 Å². The number of aryl methyl sites for hydroxylation is 1. The molecule has 0 saturated carbocycles. The van der Waals surface area contributed by atoms with Crippen LogP contribution in [0.3, 0.4) is 0 Å². The maximum atomic E-state index is 5.44. The molecule has 6 heteroatoms. The smallest absolute Gasteiger partial charge is 0.192 e. The summed E-state index contributed by atoms with van der Waals surface area (Å²) >= 11 is 5.27. The van der Waals surface area contributed by atoms with Gasteiger partial charge in [0.1, 0.15) is 5.52 Å². The quantitative estimate of drug-likeness (QED) is 0.566. The highest BCUT2D eigenvalue weighted by Crippen LogP contribution is 2.19. The third kappa shape index (κ3) is 4.18. The first-order chi connectivity index (χ1) is 9.54. The third-order valence-electron chi connectivity index (χ3n) is 2.89. The van der Waals surface area contributed by atoms with Gasteiger partial charge in [0.05, 0.1) is 20.6 Å². The fraction of sp³-hybridized carbons (Fsp3) is 0.429. The van der Waals surface area contributed by atoms with Gasteiger partial charge in [0.15, 0.2) is 16.6 Å². The van der Waals surface area contributed by atoms with Crippen LogP contribution in [-0.2, 0) is 0 Å². The maximum absolute atomic E-state index is 5.44. The lowest BCUT2D eigenvalue weighted by molar-refractivity contribution is -0.858. The minimum absolute atomic E-state index is 0.637. The van der Waals surface area contributed by atoms with Crippen molar-refractivity contribution >= 4 is 34.1 Å².